The second-order valence-corrected chi connectivity index (χ2v) is 6.13. The molecule has 1 aromatic heterocycles. The van der Waals surface area contributed by atoms with E-state index < -0.39 is 0 Å². The summed E-state index contributed by atoms with van der Waals surface area (Å²) in [6.45, 7) is 1.83. The van der Waals surface area contributed by atoms with Gasteiger partial charge in [0.2, 0.25) is 17.7 Å². The first-order chi connectivity index (χ1) is 11.7. The zero-order chi connectivity index (χ0) is 16.8. The van der Waals surface area contributed by atoms with Gasteiger partial charge in [-0.3, -0.25) is 4.79 Å². The van der Waals surface area contributed by atoms with Gasteiger partial charge in [-0.2, -0.15) is 0 Å². The third-order valence-electron chi connectivity index (χ3n) is 3.31. The standard InChI is InChI=1S/C18H17N3O2S/c1-2-16(22)19-14-8-10-15(11-9-14)24-12-17-20-21-18(23-17)13-6-4-3-5-7-13/h3-11H,2,12H2,1H3,(H,19,22). The summed E-state index contributed by atoms with van der Waals surface area (Å²) in [5.41, 5.74) is 1.72. The van der Waals surface area contributed by atoms with E-state index in [4.69, 9.17) is 4.42 Å². The first kappa shape index (κ1) is 16.3. The minimum absolute atomic E-state index is 0.00899. The molecule has 0 spiro atoms. The zero-order valence-corrected chi connectivity index (χ0v) is 14.0. The molecule has 24 heavy (non-hydrogen) atoms. The Kier molecular flexibility index (Phi) is 5.28. The monoisotopic (exact) mass is 339 g/mol. The third kappa shape index (κ3) is 4.23. The molecular formula is C18H17N3O2S. The van der Waals surface area contributed by atoms with E-state index in [-0.39, 0.29) is 5.91 Å². The minimum atomic E-state index is 0.00899. The average molecular weight is 339 g/mol. The predicted molar refractivity (Wildman–Crippen MR) is 94.7 cm³/mol. The van der Waals surface area contributed by atoms with Gasteiger partial charge in [0, 0.05) is 22.6 Å². The van der Waals surface area contributed by atoms with Crippen LogP contribution in [-0.4, -0.2) is 16.1 Å². The number of aromatic nitrogens is 2. The molecule has 0 saturated carbocycles. The van der Waals surface area contributed by atoms with Gasteiger partial charge in [-0.05, 0) is 36.4 Å². The van der Waals surface area contributed by atoms with Crippen LogP contribution >= 0.6 is 11.8 Å². The number of thioether (sulfide) groups is 1. The molecule has 0 aliphatic rings. The number of benzene rings is 2. The van der Waals surface area contributed by atoms with Crippen LogP contribution in [-0.2, 0) is 10.5 Å². The molecule has 122 valence electrons. The number of nitrogens with one attached hydrogen (secondary N) is 1. The van der Waals surface area contributed by atoms with E-state index in [0.29, 0.717) is 24.0 Å². The Bertz CT molecular complexity index is 801. The van der Waals surface area contributed by atoms with Gasteiger partial charge in [0.25, 0.3) is 0 Å². The van der Waals surface area contributed by atoms with Crippen molar-refractivity contribution in [2.75, 3.05) is 5.32 Å². The van der Waals surface area contributed by atoms with Crippen molar-refractivity contribution in [3.8, 4) is 11.5 Å². The lowest BCUT2D eigenvalue weighted by Gasteiger charge is -2.04. The molecule has 0 atom stereocenters. The fourth-order valence-electron chi connectivity index (χ4n) is 2.04. The number of hydrogen-bond donors (Lipinski definition) is 1. The molecule has 0 aliphatic heterocycles. The summed E-state index contributed by atoms with van der Waals surface area (Å²) >= 11 is 1.61. The fourth-order valence-corrected chi connectivity index (χ4v) is 2.77. The van der Waals surface area contributed by atoms with Gasteiger partial charge in [-0.15, -0.1) is 22.0 Å². The smallest absolute Gasteiger partial charge is 0.247 e. The Hall–Kier alpha value is -2.60. The van der Waals surface area contributed by atoms with Crippen LogP contribution in [0.2, 0.25) is 0 Å². The first-order valence-electron chi connectivity index (χ1n) is 7.65. The molecule has 2 aromatic carbocycles. The fraction of sp³-hybridized carbons (Fsp3) is 0.167. The maximum Gasteiger partial charge on any atom is 0.247 e. The lowest BCUT2D eigenvalue weighted by atomic mass is 10.2. The Morgan fingerprint density at radius 3 is 2.54 bits per heavy atom. The van der Waals surface area contributed by atoms with Crippen molar-refractivity contribution in [3.63, 3.8) is 0 Å². The number of carbonyl (C=O) groups excluding carboxylic acids is 1. The molecule has 0 bridgehead atoms. The van der Waals surface area contributed by atoms with Crippen LogP contribution in [0.5, 0.6) is 0 Å². The van der Waals surface area contributed by atoms with E-state index in [1.54, 1.807) is 11.8 Å². The lowest BCUT2D eigenvalue weighted by Crippen LogP contribution is -2.08. The highest BCUT2D eigenvalue weighted by atomic mass is 32.2. The van der Waals surface area contributed by atoms with E-state index in [1.165, 1.54) is 0 Å². The number of nitrogens with zero attached hydrogens (tertiary/aromatic N) is 2. The summed E-state index contributed by atoms with van der Waals surface area (Å²) in [5.74, 6) is 1.72. The number of hydrogen-bond acceptors (Lipinski definition) is 5. The first-order valence-corrected chi connectivity index (χ1v) is 8.63. The summed E-state index contributed by atoms with van der Waals surface area (Å²) in [6.07, 6.45) is 0.470. The summed E-state index contributed by atoms with van der Waals surface area (Å²) < 4.78 is 5.68. The predicted octanol–water partition coefficient (Wildman–Crippen LogP) is 4.38. The Labute approximate surface area is 144 Å². The molecule has 1 N–H and O–H groups in total. The molecule has 3 aromatic rings. The maximum absolute atomic E-state index is 11.4. The Morgan fingerprint density at radius 2 is 1.83 bits per heavy atom. The highest BCUT2D eigenvalue weighted by molar-refractivity contribution is 7.98. The van der Waals surface area contributed by atoms with Gasteiger partial charge >= 0.3 is 0 Å². The van der Waals surface area contributed by atoms with E-state index in [0.717, 1.165) is 16.1 Å². The average Bonchev–Trinajstić information content (AvgIpc) is 3.11. The second kappa shape index (κ2) is 7.79. The molecular weight excluding hydrogens is 322 g/mol. The van der Waals surface area contributed by atoms with Gasteiger partial charge < -0.3 is 9.73 Å². The molecule has 1 amide bonds. The summed E-state index contributed by atoms with van der Waals surface area (Å²) in [7, 11) is 0. The molecule has 6 heteroatoms. The van der Waals surface area contributed by atoms with Crippen LogP contribution in [0.3, 0.4) is 0 Å². The topological polar surface area (TPSA) is 68.0 Å². The van der Waals surface area contributed by atoms with Crippen LogP contribution in [0, 0.1) is 0 Å². The number of rotatable bonds is 6. The lowest BCUT2D eigenvalue weighted by molar-refractivity contribution is -0.115. The molecule has 0 radical (unpaired) electrons. The van der Waals surface area contributed by atoms with Crippen molar-refractivity contribution in [2.45, 2.75) is 24.0 Å². The molecule has 3 rings (SSSR count). The molecule has 0 fully saturated rings. The van der Waals surface area contributed by atoms with Crippen molar-refractivity contribution >= 4 is 23.4 Å². The normalized spacial score (nSPS) is 10.5. The third-order valence-corrected chi connectivity index (χ3v) is 4.31. The minimum Gasteiger partial charge on any atom is -0.420 e. The quantitative estimate of drug-likeness (QED) is 0.675. The van der Waals surface area contributed by atoms with Gasteiger partial charge in [0.05, 0.1) is 5.75 Å². The van der Waals surface area contributed by atoms with Crippen LogP contribution in [0.1, 0.15) is 19.2 Å². The van der Waals surface area contributed by atoms with E-state index in [9.17, 15) is 4.79 Å². The molecule has 0 aliphatic carbocycles. The van der Waals surface area contributed by atoms with Crippen molar-refractivity contribution in [2.24, 2.45) is 0 Å². The van der Waals surface area contributed by atoms with E-state index in [2.05, 4.69) is 15.5 Å². The van der Waals surface area contributed by atoms with Crippen LogP contribution < -0.4 is 5.32 Å². The van der Waals surface area contributed by atoms with E-state index in [1.807, 2.05) is 61.5 Å². The van der Waals surface area contributed by atoms with Crippen molar-refractivity contribution < 1.29 is 9.21 Å². The molecule has 5 nitrogen and oxygen atoms in total. The number of amides is 1. The largest absolute Gasteiger partial charge is 0.420 e. The Balaban J connectivity index is 1.58. The van der Waals surface area contributed by atoms with Crippen LogP contribution in [0.4, 0.5) is 5.69 Å². The highest BCUT2D eigenvalue weighted by Crippen LogP contribution is 2.25. The number of carbonyl (C=O) groups is 1. The van der Waals surface area contributed by atoms with Crippen LogP contribution in [0.25, 0.3) is 11.5 Å². The van der Waals surface area contributed by atoms with Crippen LogP contribution in [0.15, 0.2) is 63.9 Å². The highest BCUT2D eigenvalue weighted by Gasteiger charge is 2.08. The maximum atomic E-state index is 11.4. The second-order valence-electron chi connectivity index (χ2n) is 5.08. The van der Waals surface area contributed by atoms with Crippen molar-refractivity contribution in [1.82, 2.24) is 10.2 Å². The molecule has 0 saturated heterocycles. The van der Waals surface area contributed by atoms with E-state index >= 15 is 0 Å². The summed E-state index contributed by atoms with van der Waals surface area (Å²) in [5, 5.41) is 11.0. The van der Waals surface area contributed by atoms with Gasteiger partial charge in [-0.1, -0.05) is 25.1 Å². The zero-order valence-electron chi connectivity index (χ0n) is 13.2. The van der Waals surface area contributed by atoms with Gasteiger partial charge in [-0.25, -0.2) is 0 Å². The Morgan fingerprint density at radius 1 is 1.08 bits per heavy atom. The summed E-state index contributed by atoms with van der Waals surface area (Å²) in [4.78, 5) is 12.4. The van der Waals surface area contributed by atoms with Crippen molar-refractivity contribution in [3.05, 3.63) is 60.5 Å². The van der Waals surface area contributed by atoms with Gasteiger partial charge in [0.1, 0.15) is 0 Å². The molecule has 0 unspecified atom stereocenters. The molecule has 1 heterocycles. The summed E-state index contributed by atoms with van der Waals surface area (Å²) in [6, 6.07) is 17.4. The van der Waals surface area contributed by atoms with Crippen molar-refractivity contribution in [1.29, 1.82) is 0 Å². The van der Waals surface area contributed by atoms with Gasteiger partial charge in [0.15, 0.2) is 0 Å². The SMILES string of the molecule is CCC(=O)Nc1ccc(SCc2nnc(-c3ccccc3)o2)cc1. The number of anilines is 1.